The molecule has 2 rings (SSSR count). The fraction of sp³-hybridized carbons (Fsp3) is 0.350. The summed E-state index contributed by atoms with van der Waals surface area (Å²) in [4.78, 5) is 27.9. The Labute approximate surface area is 158 Å². The van der Waals surface area contributed by atoms with E-state index in [0.717, 1.165) is 5.56 Å². The van der Waals surface area contributed by atoms with E-state index in [-0.39, 0.29) is 12.5 Å². The average molecular weight is 371 g/mol. The van der Waals surface area contributed by atoms with Crippen molar-refractivity contribution in [2.24, 2.45) is 0 Å². The molecular formula is C20H25N3O4. The van der Waals surface area contributed by atoms with Gasteiger partial charge in [0, 0.05) is 12.7 Å². The third kappa shape index (κ3) is 7.07. The summed E-state index contributed by atoms with van der Waals surface area (Å²) < 4.78 is 5.10. The zero-order chi connectivity index (χ0) is 19.9. The monoisotopic (exact) mass is 371 g/mol. The summed E-state index contributed by atoms with van der Waals surface area (Å²) in [6.45, 7) is 5.65. The first-order chi connectivity index (χ1) is 12.7. The van der Waals surface area contributed by atoms with E-state index in [0.29, 0.717) is 17.8 Å². The summed E-state index contributed by atoms with van der Waals surface area (Å²) in [5.74, 6) is -0.251. The van der Waals surface area contributed by atoms with Crippen LogP contribution in [0.5, 0.6) is 0 Å². The van der Waals surface area contributed by atoms with Crippen molar-refractivity contribution in [3.63, 3.8) is 0 Å². The Kier molecular flexibility index (Phi) is 6.90. The number of aliphatic hydroxyl groups is 1. The molecule has 2 amide bonds. The van der Waals surface area contributed by atoms with Crippen molar-refractivity contribution in [3.8, 4) is 0 Å². The van der Waals surface area contributed by atoms with Gasteiger partial charge in [-0.3, -0.25) is 9.78 Å². The van der Waals surface area contributed by atoms with Crippen LogP contribution < -0.4 is 10.6 Å². The predicted molar refractivity (Wildman–Crippen MR) is 101 cm³/mol. The van der Waals surface area contributed by atoms with Crippen LogP contribution in [0.1, 0.15) is 48.5 Å². The minimum Gasteiger partial charge on any atom is -0.444 e. The van der Waals surface area contributed by atoms with Crippen molar-refractivity contribution in [1.29, 1.82) is 0 Å². The Morgan fingerprint density at radius 2 is 1.81 bits per heavy atom. The smallest absolute Gasteiger partial charge is 0.407 e. The lowest BCUT2D eigenvalue weighted by Crippen LogP contribution is -2.35. The van der Waals surface area contributed by atoms with Crippen molar-refractivity contribution in [1.82, 2.24) is 15.6 Å². The Hall–Kier alpha value is -2.93. The first-order valence-corrected chi connectivity index (χ1v) is 8.67. The van der Waals surface area contributed by atoms with Gasteiger partial charge in [0.1, 0.15) is 11.7 Å². The van der Waals surface area contributed by atoms with Crippen LogP contribution in [0.3, 0.4) is 0 Å². The van der Waals surface area contributed by atoms with Gasteiger partial charge in [0.15, 0.2) is 0 Å². The largest absolute Gasteiger partial charge is 0.444 e. The molecule has 0 saturated heterocycles. The Morgan fingerprint density at radius 3 is 2.41 bits per heavy atom. The summed E-state index contributed by atoms with van der Waals surface area (Å²) in [6, 6.07) is 12.7. The Balaban J connectivity index is 1.84. The second kappa shape index (κ2) is 9.14. The van der Waals surface area contributed by atoms with Gasteiger partial charge in [0.2, 0.25) is 0 Å². The molecule has 2 aromatic rings. The number of benzene rings is 1. The van der Waals surface area contributed by atoms with Gasteiger partial charge in [0.05, 0.1) is 17.8 Å². The molecule has 1 heterocycles. The number of hydrogen-bond acceptors (Lipinski definition) is 5. The quantitative estimate of drug-likeness (QED) is 0.725. The molecule has 0 saturated carbocycles. The highest BCUT2D eigenvalue weighted by atomic mass is 16.6. The summed E-state index contributed by atoms with van der Waals surface area (Å²) in [6.07, 6.45) is -0.218. The van der Waals surface area contributed by atoms with Crippen molar-refractivity contribution >= 4 is 12.0 Å². The molecule has 0 radical (unpaired) electrons. The molecule has 0 aliphatic heterocycles. The van der Waals surface area contributed by atoms with Gasteiger partial charge >= 0.3 is 6.09 Å². The lowest BCUT2D eigenvalue weighted by Gasteiger charge is -2.20. The molecule has 27 heavy (non-hydrogen) atoms. The fourth-order valence-electron chi connectivity index (χ4n) is 2.22. The van der Waals surface area contributed by atoms with E-state index in [2.05, 4.69) is 15.6 Å². The second-order valence-corrected chi connectivity index (χ2v) is 7.04. The molecule has 1 aromatic carbocycles. The zero-order valence-corrected chi connectivity index (χ0v) is 15.7. The first-order valence-electron chi connectivity index (χ1n) is 8.67. The summed E-state index contributed by atoms with van der Waals surface area (Å²) in [7, 11) is 0. The highest BCUT2D eigenvalue weighted by molar-refractivity contribution is 5.93. The maximum absolute atomic E-state index is 12.2. The van der Waals surface area contributed by atoms with Crippen molar-refractivity contribution in [2.45, 2.75) is 39.0 Å². The van der Waals surface area contributed by atoms with Crippen LogP contribution in [0, 0.1) is 0 Å². The number of alkyl carbamates (subject to hydrolysis) is 1. The third-order valence-corrected chi connectivity index (χ3v) is 3.52. The van der Waals surface area contributed by atoms with E-state index >= 15 is 0 Å². The number of nitrogens with one attached hydrogen (secondary N) is 2. The van der Waals surface area contributed by atoms with Crippen LogP contribution in [0.2, 0.25) is 0 Å². The van der Waals surface area contributed by atoms with Gasteiger partial charge in [-0.05, 0) is 38.5 Å². The Morgan fingerprint density at radius 1 is 1.11 bits per heavy atom. The number of aliphatic hydroxyl groups excluding tert-OH is 1. The average Bonchev–Trinajstić information content (AvgIpc) is 2.64. The molecule has 7 nitrogen and oxygen atoms in total. The highest BCUT2D eigenvalue weighted by Gasteiger charge is 2.18. The van der Waals surface area contributed by atoms with Crippen LogP contribution in [-0.4, -0.2) is 34.2 Å². The van der Waals surface area contributed by atoms with E-state index in [1.165, 1.54) is 6.20 Å². The minimum absolute atomic E-state index is 0.0402. The number of amides is 2. The third-order valence-electron chi connectivity index (χ3n) is 3.52. The van der Waals surface area contributed by atoms with E-state index in [9.17, 15) is 14.7 Å². The molecule has 1 unspecified atom stereocenters. The Bertz CT molecular complexity index is 755. The van der Waals surface area contributed by atoms with Crippen LogP contribution in [0.4, 0.5) is 4.79 Å². The maximum atomic E-state index is 12.2. The topological polar surface area (TPSA) is 101 Å². The van der Waals surface area contributed by atoms with E-state index in [1.807, 2.05) is 30.3 Å². The van der Waals surface area contributed by atoms with Gasteiger partial charge in [-0.15, -0.1) is 0 Å². The van der Waals surface area contributed by atoms with Crippen molar-refractivity contribution < 1.29 is 19.4 Å². The van der Waals surface area contributed by atoms with Crippen molar-refractivity contribution in [3.05, 3.63) is 65.5 Å². The lowest BCUT2D eigenvalue weighted by molar-refractivity contribution is 0.0490. The minimum atomic E-state index is -1.00. The molecule has 0 fully saturated rings. The number of pyridine rings is 1. The molecule has 3 N–H and O–H groups in total. The van der Waals surface area contributed by atoms with E-state index in [1.54, 1.807) is 32.9 Å². The van der Waals surface area contributed by atoms with Crippen LogP contribution in [0.15, 0.2) is 48.7 Å². The standard InChI is InChI=1S/C20H25N3O4/c1-20(2,3)27-19(26)23-13-17(24)16-10-9-15(12-21-16)18(25)22-11-14-7-5-4-6-8-14/h4-10,12,17,24H,11,13H2,1-3H3,(H,22,25)(H,23,26). The highest BCUT2D eigenvalue weighted by Crippen LogP contribution is 2.11. The van der Waals surface area contributed by atoms with Gasteiger partial charge in [-0.2, -0.15) is 0 Å². The van der Waals surface area contributed by atoms with Gasteiger partial charge in [-0.1, -0.05) is 30.3 Å². The molecule has 144 valence electrons. The van der Waals surface area contributed by atoms with Crippen LogP contribution in [-0.2, 0) is 11.3 Å². The maximum Gasteiger partial charge on any atom is 0.407 e. The summed E-state index contributed by atoms with van der Waals surface area (Å²) in [5, 5.41) is 15.4. The number of rotatable bonds is 6. The van der Waals surface area contributed by atoms with E-state index < -0.39 is 17.8 Å². The number of hydrogen-bond donors (Lipinski definition) is 3. The summed E-state index contributed by atoms with van der Waals surface area (Å²) in [5.41, 5.74) is 1.13. The summed E-state index contributed by atoms with van der Waals surface area (Å²) >= 11 is 0. The molecule has 7 heteroatoms. The van der Waals surface area contributed by atoms with E-state index in [4.69, 9.17) is 4.74 Å². The normalized spacial score (nSPS) is 12.1. The SMILES string of the molecule is CC(C)(C)OC(=O)NCC(O)c1ccc(C(=O)NCc2ccccc2)cn1. The first kappa shape index (κ1) is 20.4. The molecular weight excluding hydrogens is 346 g/mol. The van der Waals surface area contributed by atoms with Crippen LogP contribution >= 0.6 is 0 Å². The predicted octanol–water partition coefficient (Wildman–Crippen LogP) is 2.57. The molecule has 0 aliphatic rings. The molecule has 1 atom stereocenters. The number of ether oxygens (including phenoxy) is 1. The van der Waals surface area contributed by atoms with Crippen LogP contribution in [0.25, 0.3) is 0 Å². The van der Waals surface area contributed by atoms with Gasteiger partial charge in [-0.25, -0.2) is 4.79 Å². The lowest BCUT2D eigenvalue weighted by atomic mass is 10.1. The van der Waals surface area contributed by atoms with Crippen molar-refractivity contribution in [2.75, 3.05) is 6.54 Å². The second-order valence-electron chi connectivity index (χ2n) is 7.04. The number of nitrogens with zero attached hydrogens (tertiary/aromatic N) is 1. The van der Waals surface area contributed by atoms with Gasteiger partial charge in [0.25, 0.3) is 5.91 Å². The fourth-order valence-corrected chi connectivity index (χ4v) is 2.22. The number of carbonyl (C=O) groups is 2. The zero-order valence-electron chi connectivity index (χ0n) is 15.7. The molecule has 0 bridgehead atoms. The molecule has 1 aromatic heterocycles. The number of aromatic nitrogens is 1. The molecule has 0 spiro atoms. The number of carbonyl (C=O) groups excluding carboxylic acids is 2. The molecule has 0 aliphatic carbocycles. The van der Waals surface area contributed by atoms with Gasteiger partial charge < -0.3 is 20.5 Å².